The minimum Gasteiger partial charge on any atom is -0.468 e. The lowest BCUT2D eigenvalue weighted by molar-refractivity contribution is -0.160. The van der Waals surface area contributed by atoms with E-state index in [-0.39, 0.29) is 17.6 Å². The number of ketones is 1. The Balaban J connectivity index is 1.74. The number of fused-ring (bicyclic) bond motifs is 2. The molecule has 3 rings (SSSR count). The molecule has 1 saturated carbocycles. The Morgan fingerprint density at radius 2 is 2.00 bits per heavy atom. The van der Waals surface area contributed by atoms with E-state index < -0.39 is 11.4 Å². The fraction of sp³-hybridized carbons (Fsp3) is 0.545. The lowest BCUT2D eigenvalue weighted by Crippen LogP contribution is -2.48. The van der Waals surface area contributed by atoms with Crippen LogP contribution in [0.25, 0.3) is 0 Å². The summed E-state index contributed by atoms with van der Waals surface area (Å²) in [5.74, 6) is 0.141. The number of esters is 1. The van der Waals surface area contributed by atoms with Gasteiger partial charge in [-0.2, -0.15) is 0 Å². The van der Waals surface area contributed by atoms with Gasteiger partial charge >= 0.3 is 5.97 Å². The van der Waals surface area contributed by atoms with E-state index in [4.69, 9.17) is 9.47 Å². The van der Waals surface area contributed by atoms with Crippen LogP contribution in [-0.4, -0.2) is 25.5 Å². The highest BCUT2D eigenvalue weighted by atomic mass is 16.5. The Labute approximate surface area is 155 Å². The summed E-state index contributed by atoms with van der Waals surface area (Å²) in [6.07, 6.45) is 3.90. The van der Waals surface area contributed by atoms with Gasteiger partial charge in [-0.1, -0.05) is 55.8 Å². The SMILES string of the molecule is COC(=O)[C@@]12C=C(C(C)C)[C@H](CCC1=O)[C@@H]2CCOCc1ccccc1. The van der Waals surface area contributed by atoms with Crippen LogP contribution >= 0.6 is 0 Å². The summed E-state index contributed by atoms with van der Waals surface area (Å²) in [7, 11) is 1.37. The van der Waals surface area contributed by atoms with E-state index in [2.05, 4.69) is 13.8 Å². The van der Waals surface area contributed by atoms with Crippen LogP contribution in [-0.2, 0) is 25.7 Å². The largest absolute Gasteiger partial charge is 0.468 e. The molecule has 2 aliphatic carbocycles. The average Bonchev–Trinajstić information content (AvgIpc) is 2.90. The number of rotatable bonds is 7. The summed E-state index contributed by atoms with van der Waals surface area (Å²) in [5, 5.41) is 0. The molecule has 0 amide bonds. The van der Waals surface area contributed by atoms with Crippen molar-refractivity contribution >= 4 is 11.8 Å². The number of hydrogen-bond donors (Lipinski definition) is 0. The lowest BCUT2D eigenvalue weighted by Gasteiger charge is -2.38. The van der Waals surface area contributed by atoms with Crippen LogP contribution in [0.15, 0.2) is 42.0 Å². The predicted octanol–water partition coefficient (Wildman–Crippen LogP) is 3.94. The van der Waals surface area contributed by atoms with Crippen LogP contribution in [0.3, 0.4) is 0 Å². The molecule has 0 heterocycles. The molecule has 26 heavy (non-hydrogen) atoms. The van der Waals surface area contributed by atoms with Crippen molar-refractivity contribution in [3.8, 4) is 0 Å². The lowest BCUT2D eigenvalue weighted by atomic mass is 9.63. The predicted molar refractivity (Wildman–Crippen MR) is 99.3 cm³/mol. The summed E-state index contributed by atoms with van der Waals surface area (Å²) >= 11 is 0. The van der Waals surface area contributed by atoms with Crippen LogP contribution in [0.2, 0.25) is 0 Å². The molecule has 2 bridgehead atoms. The molecular formula is C22H28O4. The molecular weight excluding hydrogens is 328 g/mol. The van der Waals surface area contributed by atoms with Crippen molar-refractivity contribution in [2.24, 2.45) is 23.2 Å². The molecule has 0 saturated heterocycles. The van der Waals surface area contributed by atoms with Gasteiger partial charge in [-0.05, 0) is 36.2 Å². The average molecular weight is 356 g/mol. The fourth-order valence-corrected chi connectivity index (χ4v) is 4.67. The van der Waals surface area contributed by atoms with Gasteiger partial charge in [0.25, 0.3) is 0 Å². The molecule has 140 valence electrons. The fourth-order valence-electron chi connectivity index (χ4n) is 4.67. The molecule has 3 atom stereocenters. The van der Waals surface area contributed by atoms with Crippen LogP contribution in [0.1, 0.15) is 38.7 Å². The Bertz CT molecular complexity index is 681. The van der Waals surface area contributed by atoms with Gasteiger partial charge in [0.1, 0.15) is 5.41 Å². The molecule has 1 fully saturated rings. The van der Waals surface area contributed by atoms with Crippen LogP contribution in [0, 0.1) is 23.2 Å². The Morgan fingerprint density at radius 3 is 2.65 bits per heavy atom. The van der Waals surface area contributed by atoms with Gasteiger partial charge in [0.05, 0.1) is 13.7 Å². The molecule has 0 N–H and O–H groups in total. The number of carbonyl (C=O) groups is 2. The first-order chi connectivity index (χ1) is 12.5. The number of hydrogen-bond acceptors (Lipinski definition) is 4. The van der Waals surface area contributed by atoms with Gasteiger partial charge in [0, 0.05) is 13.0 Å². The van der Waals surface area contributed by atoms with Gasteiger partial charge < -0.3 is 9.47 Å². The molecule has 0 unspecified atom stereocenters. The minimum atomic E-state index is -1.10. The van der Waals surface area contributed by atoms with E-state index >= 15 is 0 Å². The highest BCUT2D eigenvalue weighted by molar-refractivity contribution is 6.07. The van der Waals surface area contributed by atoms with Crippen LogP contribution in [0.5, 0.6) is 0 Å². The van der Waals surface area contributed by atoms with Crippen molar-refractivity contribution in [3.05, 3.63) is 47.5 Å². The summed E-state index contributed by atoms with van der Waals surface area (Å²) < 4.78 is 10.9. The maximum Gasteiger partial charge on any atom is 0.323 e. The standard InChI is InChI=1S/C22H28O4/c1-15(2)18-13-22(21(24)25-3)19(17(18)9-10-20(22)23)11-12-26-14-16-7-5-4-6-8-16/h4-8,13,15,17,19H,9-12,14H2,1-3H3/t17-,19-,22+/m0/s1. The zero-order valence-corrected chi connectivity index (χ0v) is 15.9. The maximum atomic E-state index is 12.8. The van der Waals surface area contributed by atoms with Gasteiger partial charge in [-0.25, -0.2) is 0 Å². The molecule has 0 aromatic heterocycles. The summed E-state index contributed by atoms with van der Waals surface area (Å²) in [6.45, 7) is 5.33. The van der Waals surface area contributed by atoms with Gasteiger partial charge in [0.15, 0.2) is 5.78 Å². The van der Waals surface area contributed by atoms with E-state index in [1.54, 1.807) is 0 Å². The first-order valence-electron chi connectivity index (χ1n) is 9.46. The van der Waals surface area contributed by atoms with Crippen LogP contribution in [0.4, 0.5) is 0 Å². The highest BCUT2D eigenvalue weighted by Crippen LogP contribution is 2.56. The van der Waals surface area contributed by atoms with Crippen molar-refractivity contribution < 1.29 is 19.1 Å². The summed E-state index contributed by atoms with van der Waals surface area (Å²) in [6, 6.07) is 10.0. The van der Waals surface area contributed by atoms with E-state index in [0.29, 0.717) is 32.0 Å². The van der Waals surface area contributed by atoms with Crippen molar-refractivity contribution in [2.45, 2.75) is 39.7 Å². The number of benzene rings is 1. The van der Waals surface area contributed by atoms with E-state index in [9.17, 15) is 9.59 Å². The third-order valence-electron chi connectivity index (χ3n) is 5.91. The Morgan fingerprint density at radius 1 is 1.27 bits per heavy atom. The van der Waals surface area contributed by atoms with Crippen molar-refractivity contribution in [1.29, 1.82) is 0 Å². The molecule has 0 spiro atoms. The first-order valence-corrected chi connectivity index (χ1v) is 9.46. The number of methoxy groups -OCH3 is 1. The normalized spacial score (nSPS) is 27.5. The summed E-state index contributed by atoms with van der Waals surface area (Å²) in [4.78, 5) is 25.5. The second-order valence-corrected chi connectivity index (χ2v) is 7.66. The van der Waals surface area contributed by atoms with Crippen molar-refractivity contribution in [1.82, 2.24) is 0 Å². The minimum absolute atomic E-state index is 0.00399. The molecule has 4 heteroatoms. The zero-order valence-electron chi connectivity index (χ0n) is 15.9. The molecule has 1 aromatic carbocycles. The van der Waals surface area contributed by atoms with Crippen LogP contribution < -0.4 is 0 Å². The summed E-state index contributed by atoms with van der Waals surface area (Å²) in [5.41, 5.74) is 1.25. The molecule has 0 radical (unpaired) electrons. The number of carbonyl (C=O) groups excluding carboxylic acids is 2. The van der Waals surface area contributed by atoms with Crippen molar-refractivity contribution in [3.63, 3.8) is 0 Å². The number of allylic oxidation sites excluding steroid dienone is 1. The van der Waals surface area contributed by atoms with Gasteiger partial charge in [0.2, 0.25) is 0 Å². The number of Topliss-reactive ketones (excluding diaryl/α,β-unsaturated/α-hetero) is 1. The Kier molecular flexibility index (Phi) is 5.61. The topological polar surface area (TPSA) is 52.6 Å². The zero-order chi connectivity index (χ0) is 18.7. The highest BCUT2D eigenvalue weighted by Gasteiger charge is 2.60. The monoisotopic (exact) mass is 356 g/mol. The maximum absolute atomic E-state index is 12.8. The quantitative estimate of drug-likeness (QED) is 0.321. The third kappa shape index (κ3) is 3.23. The number of ether oxygens (including phenoxy) is 2. The second-order valence-electron chi connectivity index (χ2n) is 7.66. The van der Waals surface area contributed by atoms with E-state index in [1.165, 1.54) is 12.7 Å². The smallest absolute Gasteiger partial charge is 0.323 e. The van der Waals surface area contributed by atoms with Gasteiger partial charge in [-0.15, -0.1) is 0 Å². The third-order valence-corrected chi connectivity index (χ3v) is 5.91. The molecule has 0 aliphatic heterocycles. The second kappa shape index (κ2) is 7.75. The first kappa shape index (κ1) is 18.8. The van der Waals surface area contributed by atoms with E-state index in [1.807, 2.05) is 36.4 Å². The molecule has 1 aromatic rings. The van der Waals surface area contributed by atoms with E-state index in [0.717, 1.165) is 12.0 Å². The van der Waals surface area contributed by atoms with Gasteiger partial charge in [-0.3, -0.25) is 9.59 Å². The Hall–Kier alpha value is -1.94. The molecule has 2 aliphatic rings. The molecule has 4 nitrogen and oxygen atoms in total. The van der Waals surface area contributed by atoms with Crippen molar-refractivity contribution in [2.75, 3.05) is 13.7 Å².